The van der Waals surface area contributed by atoms with E-state index < -0.39 is 5.63 Å². The number of halogens is 1. The van der Waals surface area contributed by atoms with Crippen LogP contribution in [0.3, 0.4) is 0 Å². The summed E-state index contributed by atoms with van der Waals surface area (Å²) in [6.45, 7) is 0.195. The van der Waals surface area contributed by atoms with E-state index in [1.54, 1.807) is 12.1 Å². The molecule has 1 heterocycles. The second-order valence-corrected chi connectivity index (χ2v) is 3.47. The Kier molecular flexibility index (Phi) is 3.69. The highest BCUT2D eigenvalue weighted by Crippen LogP contribution is 2.22. The van der Waals surface area contributed by atoms with Crippen molar-refractivity contribution in [2.24, 2.45) is 0 Å². The number of rotatable bonds is 2. The summed E-state index contributed by atoms with van der Waals surface area (Å²) < 4.78 is 10.4. The number of hydrogen-bond acceptors (Lipinski definition) is 3. The van der Waals surface area contributed by atoms with Crippen molar-refractivity contribution in [3.8, 4) is 17.6 Å². The van der Waals surface area contributed by atoms with Crippen LogP contribution in [0.5, 0.6) is 5.75 Å². The fourth-order valence-electron chi connectivity index (χ4n) is 1.41. The minimum absolute atomic E-state index is 0.195. The fraction of sp³-hybridized carbons (Fsp3) is 0.154. The summed E-state index contributed by atoms with van der Waals surface area (Å²) in [4.78, 5) is 11.3. The molecule has 0 N–H and O–H groups in total. The lowest BCUT2D eigenvalue weighted by Crippen LogP contribution is -2.01. The van der Waals surface area contributed by atoms with Crippen molar-refractivity contribution in [3.05, 3.63) is 40.8 Å². The van der Waals surface area contributed by atoms with E-state index >= 15 is 0 Å². The highest BCUT2D eigenvalue weighted by atomic mass is 35.5. The summed E-state index contributed by atoms with van der Waals surface area (Å²) in [5.41, 5.74) is 0.0595. The van der Waals surface area contributed by atoms with Gasteiger partial charge in [0.25, 0.3) is 0 Å². The minimum atomic E-state index is -0.441. The van der Waals surface area contributed by atoms with Crippen molar-refractivity contribution in [2.45, 2.75) is 0 Å². The normalized spacial score (nSPS) is 9.71. The molecule has 0 saturated carbocycles. The van der Waals surface area contributed by atoms with E-state index in [2.05, 4.69) is 11.8 Å². The van der Waals surface area contributed by atoms with Crippen molar-refractivity contribution in [2.75, 3.05) is 12.5 Å². The predicted octanol–water partition coefficient (Wildman–Crippen LogP) is 2.41. The van der Waals surface area contributed by atoms with E-state index in [4.69, 9.17) is 20.8 Å². The number of alkyl halides is 1. The molecule has 0 atom stereocenters. The molecule has 0 spiro atoms. The Hall–Kier alpha value is -1.92. The van der Waals surface area contributed by atoms with Crippen LogP contribution in [0, 0.1) is 11.8 Å². The molecule has 1 aromatic heterocycles. The van der Waals surface area contributed by atoms with E-state index in [0.717, 1.165) is 5.39 Å². The summed E-state index contributed by atoms with van der Waals surface area (Å²) in [5, 5.41) is 0.750. The summed E-state index contributed by atoms with van der Waals surface area (Å²) in [6.07, 6.45) is 0. The molecule has 17 heavy (non-hydrogen) atoms. The maximum absolute atomic E-state index is 11.3. The number of fused-ring (bicyclic) bond motifs is 1. The SMILES string of the molecule is O=c1cc(OCC#CCCl)c2ccccc2o1. The van der Waals surface area contributed by atoms with Gasteiger partial charge in [-0.05, 0) is 12.1 Å². The van der Waals surface area contributed by atoms with Crippen LogP contribution in [0.4, 0.5) is 0 Å². The molecule has 0 radical (unpaired) electrons. The van der Waals surface area contributed by atoms with Gasteiger partial charge in [-0.1, -0.05) is 24.0 Å². The Labute approximate surface area is 103 Å². The van der Waals surface area contributed by atoms with Gasteiger partial charge in [0.05, 0.1) is 17.3 Å². The molecule has 0 aliphatic rings. The van der Waals surface area contributed by atoms with Crippen LogP contribution in [0.2, 0.25) is 0 Å². The summed E-state index contributed by atoms with van der Waals surface area (Å²) in [5.74, 6) is 6.14. The zero-order chi connectivity index (χ0) is 12.1. The first-order chi connectivity index (χ1) is 8.31. The molecule has 3 nitrogen and oxygen atoms in total. The van der Waals surface area contributed by atoms with Crippen LogP contribution < -0.4 is 10.4 Å². The molecule has 0 aliphatic heterocycles. The topological polar surface area (TPSA) is 39.4 Å². The Morgan fingerprint density at radius 1 is 1.29 bits per heavy atom. The van der Waals surface area contributed by atoms with E-state index in [-0.39, 0.29) is 12.5 Å². The van der Waals surface area contributed by atoms with Gasteiger partial charge in [0, 0.05) is 0 Å². The second-order valence-electron chi connectivity index (χ2n) is 3.20. The van der Waals surface area contributed by atoms with Crippen molar-refractivity contribution >= 4 is 22.6 Å². The lowest BCUT2D eigenvalue weighted by molar-refractivity contribution is 0.370. The molecule has 1 aromatic carbocycles. The number of para-hydroxylation sites is 1. The average molecular weight is 249 g/mol. The van der Waals surface area contributed by atoms with Crippen LogP contribution in [-0.4, -0.2) is 12.5 Å². The molecule has 0 aliphatic carbocycles. The average Bonchev–Trinajstić information content (AvgIpc) is 2.34. The van der Waals surface area contributed by atoms with Crippen molar-refractivity contribution in [1.82, 2.24) is 0 Å². The van der Waals surface area contributed by atoms with E-state index in [1.165, 1.54) is 6.07 Å². The molecular weight excluding hydrogens is 240 g/mol. The van der Waals surface area contributed by atoms with Gasteiger partial charge in [0.2, 0.25) is 0 Å². The summed E-state index contributed by atoms with van der Waals surface area (Å²) >= 11 is 5.41. The molecular formula is C13H9ClO3. The minimum Gasteiger partial charge on any atom is -0.480 e. The van der Waals surface area contributed by atoms with Gasteiger partial charge in [-0.3, -0.25) is 0 Å². The highest BCUT2D eigenvalue weighted by Gasteiger charge is 2.04. The zero-order valence-corrected chi connectivity index (χ0v) is 9.66. The first kappa shape index (κ1) is 11.6. The van der Waals surface area contributed by atoms with E-state index in [1.807, 2.05) is 12.1 Å². The van der Waals surface area contributed by atoms with Gasteiger partial charge in [-0.25, -0.2) is 4.79 Å². The molecule has 0 bridgehead atoms. The van der Waals surface area contributed by atoms with Crippen LogP contribution >= 0.6 is 11.6 Å². The number of hydrogen-bond donors (Lipinski definition) is 0. The quantitative estimate of drug-likeness (QED) is 0.465. The third-order valence-corrected chi connectivity index (χ3v) is 2.24. The Bertz CT molecular complexity index is 634. The molecule has 2 aromatic rings. The smallest absolute Gasteiger partial charge is 0.339 e. The Balaban J connectivity index is 2.35. The van der Waals surface area contributed by atoms with E-state index in [9.17, 15) is 4.79 Å². The summed E-state index contributed by atoms with van der Waals surface area (Å²) in [7, 11) is 0. The standard InChI is InChI=1S/C13H9ClO3/c14-7-3-4-8-16-12-9-13(15)17-11-6-2-1-5-10(11)12/h1-2,5-6,9H,7-8H2. The third-order valence-electron chi connectivity index (χ3n) is 2.10. The molecule has 86 valence electrons. The predicted molar refractivity (Wildman–Crippen MR) is 66.5 cm³/mol. The highest BCUT2D eigenvalue weighted by molar-refractivity contribution is 6.19. The van der Waals surface area contributed by atoms with Gasteiger partial charge < -0.3 is 9.15 Å². The largest absolute Gasteiger partial charge is 0.480 e. The van der Waals surface area contributed by atoms with Gasteiger partial charge in [-0.15, -0.1) is 11.6 Å². The zero-order valence-electron chi connectivity index (χ0n) is 8.90. The number of ether oxygens (including phenoxy) is 1. The first-order valence-electron chi connectivity index (χ1n) is 4.98. The van der Waals surface area contributed by atoms with Crippen molar-refractivity contribution in [1.29, 1.82) is 0 Å². The lowest BCUT2D eigenvalue weighted by Gasteiger charge is -2.04. The van der Waals surface area contributed by atoms with Crippen LogP contribution in [0.15, 0.2) is 39.5 Å². The lowest BCUT2D eigenvalue weighted by atomic mass is 10.2. The Morgan fingerprint density at radius 3 is 2.94 bits per heavy atom. The van der Waals surface area contributed by atoms with Crippen molar-refractivity contribution < 1.29 is 9.15 Å². The van der Waals surface area contributed by atoms with Crippen molar-refractivity contribution in [3.63, 3.8) is 0 Å². The van der Waals surface area contributed by atoms with Crippen LogP contribution in [0.1, 0.15) is 0 Å². The van der Waals surface area contributed by atoms with Crippen LogP contribution in [-0.2, 0) is 0 Å². The second kappa shape index (κ2) is 5.42. The van der Waals surface area contributed by atoms with Gasteiger partial charge >= 0.3 is 5.63 Å². The number of benzene rings is 1. The third kappa shape index (κ3) is 2.80. The molecule has 0 unspecified atom stereocenters. The van der Waals surface area contributed by atoms with Crippen LogP contribution in [0.25, 0.3) is 11.0 Å². The fourth-order valence-corrected chi connectivity index (χ4v) is 1.51. The Morgan fingerprint density at radius 2 is 2.12 bits per heavy atom. The molecule has 4 heteroatoms. The van der Waals surface area contributed by atoms with Gasteiger partial charge in [0.15, 0.2) is 0 Å². The van der Waals surface area contributed by atoms with Gasteiger partial charge in [0.1, 0.15) is 17.9 Å². The maximum Gasteiger partial charge on any atom is 0.339 e. The van der Waals surface area contributed by atoms with Gasteiger partial charge in [-0.2, -0.15) is 0 Å². The van der Waals surface area contributed by atoms with E-state index in [0.29, 0.717) is 11.3 Å². The molecule has 0 saturated heterocycles. The summed E-state index contributed by atoms with van der Waals surface area (Å²) in [6, 6.07) is 8.49. The monoisotopic (exact) mass is 248 g/mol. The maximum atomic E-state index is 11.3. The molecule has 0 amide bonds. The first-order valence-corrected chi connectivity index (χ1v) is 5.52. The molecule has 2 rings (SSSR count). The molecule has 0 fully saturated rings.